The summed E-state index contributed by atoms with van der Waals surface area (Å²) >= 11 is 0. The molecule has 164 valence electrons. The molecule has 0 amide bonds. The van der Waals surface area contributed by atoms with Crippen molar-refractivity contribution in [3.8, 4) is 17.2 Å². The van der Waals surface area contributed by atoms with Gasteiger partial charge >= 0.3 is 11.9 Å². The second-order valence-corrected chi connectivity index (χ2v) is 6.94. The normalized spacial score (nSPS) is 10.3. The zero-order valence-electron chi connectivity index (χ0n) is 17.5. The van der Waals surface area contributed by atoms with Crippen LogP contribution in [0.15, 0.2) is 109 Å². The summed E-state index contributed by atoms with van der Waals surface area (Å²) in [6.45, 7) is 0.0501. The van der Waals surface area contributed by atoms with Crippen molar-refractivity contribution in [1.82, 2.24) is 0 Å². The first-order valence-electron chi connectivity index (χ1n) is 10.2. The molecule has 0 saturated carbocycles. The van der Waals surface area contributed by atoms with Gasteiger partial charge in [0.2, 0.25) is 0 Å². The van der Waals surface area contributed by atoms with Gasteiger partial charge in [-0.15, -0.1) is 0 Å². The Labute approximate surface area is 190 Å². The molecule has 0 aliphatic heterocycles. The summed E-state index contributed by atoms with van der Waals surface area (Å²) in [7, 11) is 0. The van der Waals surface area contributed by atoms with E-state index in [1.165, 1.54) is 12.1 Å². The van der Waals surface area contributed by atoms with Crippen LogP contribution in [0.2, 0.25) is 0 Å². The molecule has 4 aromatic carbocycles. The standard InChI is InChI=1S/C27H20O6/c28-26(31-21-10-4-1-5-11-21)24-17-16-20(19-30-33-23-14-8-3-9-15-23)18-25(24)27(29)32-22-12-6-2-7-13-22/h1-18H,19H2. The van der Waals surface area contributed by atoms with E-state index in [0.29, 0.717) is 22.8 Å². The van der Waals surface area contributed by atoms with Crippen LogP contribution < -0.4 is 14.4 Å². The Bertz CT molecular complexity index is 1210. The number of carbonyl (C=O) groups is 2. The molecule has 0 aliphatic rings. The molecule has 0 aliphatic carbocycles. The fourth-order valence-corrected chi connectivity index (χ4v) is 2.97. The summed E-state index contributed by atoms with van der Waals surface area (Å²) in [5.41, 5.74) is 0.746. The fourth-order valence-electron chi connectivity index (χ4n) is 2.97. The summed E-state index contributed by atoms with van der Waals surface area (Å²) in [4.78, 5) is 36.3. The van der Waals surface area contributed by atoms with Crippen molar-refractivity contribution in [1.29, 1.82) is 0 Å². The molecule has 0 N–H and O–H groups in total. The SMILES string of the molecule is O=C(Oc1ccccc1)c1ccc(COOc2ccccc2)cc1C(=O)Oc1ccccc1. The third-order valence-corrected chi connectivity index (χ3v) is 4.56. The van der Waals surface area contributed by atoms with E-state index in [1.807, 2.05) is 30.3 Å². The number of para-hydroxylation sites is 3. The molecular weight excluding hydrogens is 420 g/mol. The lowest BCUT2D eigenvalue weighted by atomic mass is 10.0. The van der Waals surface area contributed by atoms with Crippen LogP contribution >= 0.6 is 0 Å². The van der Waals surface area contributed by atoms with Gasteiger partial charge in [0.05, 0.1) is 11.1 Å². The van der Waals surface area contributed by atoms with Gasteiger partial charge in [-0.25, -0.2) is 9.59 Å². The Morgan fingerprint density at radius 1 is 0.545 bits per heavy atom. The molecule has 4 aromatic rings. The van der Waals surface area contributed by atoms with E-state index >= 15 is 0 Å². The van der Waals surface area contributed by atoms with Crippen LogP contribution in [0.3, 0.4) is 0 Å². The lowest BCUT2D eigenvalue weighted by molar-refractivity contribution is -0.217. The number of benzene rings is 4. The molecule has 33 heavy (non-hydrogen) atoms. The largest absolute Gasteiger partial charge is 0.423 e. The monoisotopic (exact) mass is 440 g/mol. The Balaban J connectivity index is 1.55. The number of esters is 2. The molecule has 0 spiro atoms. The summed E-state index contributed by atoms with van der Waals surface area (Å²) in [6, 6.07) is 31.0. The zero-order chi connectivity index (χ0) is 22.9. The molecule has 0 unspecified atom stereocenters. The topological polar surface area (TPSA) is 71.1 Å². The van der Waals surface area contributed by atoms with Crippen molar-refractivity contribution < 1.29 is 28.8 Å². The first-order chi connectivity index (χ1) is 16.2. The van der Waals surface area contributed by atoms with E-state index < -0.39 is 11.9 Å². The van der Waals surface area contributed by atoms with E-state index in [-0.39, 0.29) is 17.7 Å². The average molecular weight is 440 g/mol. The van der Waals surface area contributed by atoms with Gasteiger partial charge in [-0.1, -0.05) is 60.7 Å². The maximum atomic E-state index is 12.9. The molecule has 0 aromatic heterocycles. The van der Waals surface area contributed by atoms with Crippen LogP contribution in [0.5, 0.6) is 17.2 Å². The van der Waals surface area contributed by atoms with Crippen LogP contribution in [0.1, 0.15) is 26.3 Å². The summed E-state index contributed by atoms with van der Waals surface area (Å²) in [5, 5.41) is 0. The Morgan fingerprint density at radius 2 is 1.03 bits per heavy atom. The lowest BCUT2D eigenvalue weighted by Gasteiger charge is -2.12. The van der Waals surface area contributed by atoms with Gasteiger partial charge in [-0.3, -0.25) is 0 Å². The molecule has 6 heteroatoms. The van der Waals surface area contributed by atoms with Gasteiger partial charge in [-0.2, -0.15) is 4.89 Å². The molecule has 6 nitrogen and oxygen atoms in total. The summed E-state index contributed by atoms with van der Waals surface area (Å²) in [6.07, 6.45) is 0. The fraction of sp³-hybridized carbons (Fsp3) is 0.0370. The minimum Gasteiger partial charge on any atom is -0.423 e. The molecule has 0 saturated heterocycles. The molecule has 0 heterocycles. The maximum Gasteiger partial charge on any atom is 0.344 e. The van der Waals surface area contributed by atoms with Crippen LogP contribution in [0, 0.1) is 0 Å². The predicted octanol–water partition coefficient (Wildman–Crippen LogP) is 5.64. The van der Waals surface area contributed by atoms with Crippen molar-refractivity contribution in [3.63, 3.8) is 0 Å². The predicted molar refractivity (Wildman–Crippen MR) is 121 cm³/mol. The minimum atomic E-state index is -0.688. The zero-order valence-corrected chi connectivity index (χ0v) is 17.5. The molecular formula is C27H20O6. The minimum absolute atomic E-state index is 0.0501. The van der Waals surface area contributed by atoms with Crippen molar-refractivity contribution >= 4 is 11.9 Å². The van der Waals surface area contributed by atoms with Crippen LogP contribution in [-0.2, 0) is 11.5 Å². The van der Waals surface area contributed by atoms with Gasteiger partial charge < -0.3 is 14.4 Å². The van der Waals surface area contributed by atoms with E-state index in [1.54, 1.807) is 66.7 Å². The van der Waals surface area contributed by atoms with E-state index in [0.717, 1.165) is 0 Å². The van der Waals surface area contributed by atoms with Crippen molar-refractivity contribution in [2.75, 3.05) is 0 Å². The molecule has 4 rings (SSSR count). The Morgan fingerprint density at radius 3 is 1.58 bits per heavy atom. The van der Waals surface area contributed by atoms with Gasteiger partial charge in [0.1, 0.15) is 18.1 Å². The Hall–Kier alpha value is -4.42. The van der Waals surface area contributed by atoms with E-state index in [9.17, 15) is 9.59 Å². The Kier molecular flexibility index (Phi) is 7.10. The summed E-state index contributed by atoms with van der Waals surface area (Å²) in [5.74, 6) is -0.0852. The van der Waals surface area contributed by atoms with Gasteiger partial charge in [0.15, 0.2) is 5.75 Å². The number of hydrogen-bond donors (Lipinski definition) is 0. The molecule has 0 fully saturated rings. The number of ether oxygens (including phenoxy) is 2. The van der Waals surface area contributed by atoms with Gasteiger partial charge in [0, 0.05) is 0 Å². The van der Waals surface area contributed by atoms with Crippen molar-refractivity contribution in [2.24, 2.45) is 0 Å². The van der Waals surface area contributed by atoms with E-state index in [2.05, 4.69) is 0 Å². The highest BCUT2D eigenvalue weighted by Gasteiger charge is 2.21. The van der Waals surface area contributed by atoms with Crippen LogP contribution in [0.25, 0.3) is 0 Å². The number of carbonyl (C=O) groups excluding carboxylic acids is 2. The summed E-state index contributed by atoms with van der Waals surface area (Å²) < 4.78 is 10.9. The van der Waals surface area contributed by atoms with Crippen molar-refractivity contribution in [2.45, 2.75) is 6.61 Å². The molecule has 0 bridgehead atoms. The quantitative estimate of drug-likeness (QED) is 0.153. The lowest BCUT2D eigenvalue weighted by Crippen LogP contribution is -2.18. The third kappa shape index (κ3) is 6.06. The van der Waals surface area contributed by atoms with Crippen LogP contribution in [-0.4, -0.2) is 11.9 Å². The number of hydrogen-bond acceptors (Lipinski definition) is 6. The van der Waals surface area contributed by atoms with Crippen LogP contribution in [0.4, 0.5) is 0 Å². The average Bonchev–Trinajstić information content (AvgIpc) is 2.86. The number of rotatable bonds is 8. The third-order valence-electron chi connectivity index (χ3n) is 4.56. The first-order valence-corrected chi connectivity index (χ1v) is 10.2. The van der Waals surface area contributed by atoms with Gasteiger partial charge in [0.25, 0.3) is 0 Å². The first kappa shape index (κ1) is 21.8. The maximum absolute atomic E-state index is 12.9. The molecule has 0 radical (unpaired) electrons. The second kappa shape index (κ2) is 10.7. The molecule has 0 atom stereocenters. The van der Waals surface area contributed by atoms with E-state index in [4.69, 9.17) is 19.2 Å². The highest BCUT2D eigenvalue weighted by Crippen LogP contribution is 2.20. The smallest absolute Gasteiger partial charge is 0.344 e. The highest BCUT2D eigenvalue weighted by molar-refractivity contribution is 6.04. The van der Waals surface area contributed by atoms with Gasteiger partial charge in [-0.05, 0) is 54.1 Å². The second-order valence-electron chi connectivity index (χ2n) is 6.94. The highest BCUT2D eigenvalue weighted by atomic mass is 17.2. The van der Waals surface area contributed by atoms with Crippen molar-refractivity contribution in [3.05, 3.63) is 126 Å².